The second kappa shape index (κ2) is 13.8. The van der Waals surface area contributed by atoms with Crippen LogP contribution in [-0.2, 0) is 11.2 Å². The van der Waals surface area contributed by atoms with Gasteiger partial charge in [0.1, 0.15) is 6.10 Å². The lowest BCUT2D eigenvalue weighted by atomic mass is 9.84. The number of carbonyl (C=O) groups is 1. The summed E-state index contributed by atoms with van der Waals surface area (Å²) in [4.78, 5) is 12.6. The largest absolute Gasteiger partial charge is 0.459 e. The van der Waals surface area contributed by atoms with Gasteiger partial charge in [0, 0.05) is 0 Å². The third-order valence-corrected chi connectivity index (χ3v) is 7.55. The normalized spacial score (nSPS) is 18.8. The van der Waals surface area contributed by atoms with E-state index in [1.807, 2.05) is 24.3 Å². The van der Waals surface area contributed by atoms with E-state index in [1.54, 1.807) is 0 Å². The van der Waals surface area contributed by atoms with Gasteiger partial charge >= 0.3 is 5.97 Å². The summed E-state index contributed by atoms with van der Waals surface area (Å²) in [5.41, 5.74) is 5.59. The van der Waals surface area contributed by atoms with Crippen molar-refractivity contribution in [3.63, 3.8) is 0 Å². The van der Waals surface area contributed by atoms with Gasteiger partial charge in [0.05, 0.1) is 5.56 Å². The van der Waals surface area contributed by atoms with Gasteiger partial charge in [-0.3, -0.25) is 0 Å². The van der Waals surface area contributed by atoms with E-state index in [-0.39, 0.29) is 12.1 Å². The van der Waals surface area contributed by atoms with Gasteiger partial charge in [-0.05, 0) is 98.1 Å². The van der Waals surface area contributed by atoms with Gasteiger partial charge in [-0.15, -0.1) is 0 Å². The fourth-order valence-corrected chi connectivity index (χ4v) is 5.20. The lowest BCUT2D eigenvalue weighted by Crippen LogP contribution is -2.24. The first kappa shape index (κ1) is 26.7. The van der Waals surface area contributed by atoms with E-state index in [4.69, 9.17) is 4.74 Å². The van der Waals surface area contributed by atoms with Gasteiger partial charge in [-0.1, -0.05) is 98.0 Å². The van der Waals surface area contributed by atoms with Crippen LogP contribution in [0.1, 0.15) is 90.9 Å². The minimum atomic E-state index is -0.201. The molecule has 0 bridgehead atoms. The molecule has 2 heteroatoms. The van der Waals surface area contributed by atoms with Gasteiger partial charge in [0.15, 0.2) is 0 Å². The van der Waals surface area contributed by atoms with Crippen LogP contribution in [0.2, 0.25) is 0 Å². The van der Waals surface area contributed by atoms with Crippen LogP contribution in [0.15, 0.2) is 91.0 Å². The molecule has 1 saturated carbocycles. The Morgan fingerprint density at radius 1 is 0.865 bits per heavy atom. The highest BCUT2D eigenvalue weighted by Crippen LogP contribution is 2.30. The summed E-state index contributed by atoms with van der Waals surface area (Å²) in [6, 6.07) is 27.2. The summed E-state index contributed by atoms with van der Waals surface area (Å²) in [5.74, 6) is 1.07. The fraction of sp³-hybridized carbons (Fsp3) is 0.343. The molecule has 0 N–H and O–H groups in total. The maximum Gasteiger partial charge on any atom is 0.338 e. The molecule has 1 atom stereocenters. The fourth-order valence-electron chi connectivity index (χ4n) is 5.20. The third-order valence-electron chi connectivity index (χ3n) is 7.55. The Balaban J connectivity index is 1.24. The number of hydrogen-bond acceptors (Lipinski definition) is 2. The number of esters is 1. The maximum absolute atomic E-state index is 12.6. The molecule has 0 spiro atoms. The Morgan fingerprint density at radius 2 is 1.49 bits per heavy atom. The molecule has 192 valence electrons. The van der Waals surface area contributed by atoms with Crippen molar-refractivity contribution in [1.29, 1.82) is 0 Å². The first-order valence-corrected chi connectivity index (χ1v) is 13.8. The van der Waals surface area contributed by atoms with E-state index in [0.29, 0.717) is 11.5 Å². The molecule has 3 aromatic carbocycles. The van der Waals surface area contributed by atoms with Crippen molar-refractivity contribution in [2.24, 2.45) is 5.92 Å². The molecular weight excluding hydrogens is 452 g/mol. The van der Waals surface area contributed by atoms with Crippen molar-refractivity contribution in [2.75, 3.05) is 0 Å². The van der Waals surface area contributed by atoms with Crippen LogP contribution >= 0.6 is 0 Å². The number of allylic oxidation sites excluding steroid dienone is 2. The van der Waals surface area contributed by atoms with E-state index in [2.05, 4.69) is 92.7 Å². The molecule has 2 nitrogen and oxygen atoms in total. The van der Waals surface area contributed by atoms with Crippen LogP contribution in [0.25, 0.3) is 12.2 Å². The zero-order valence-electron chi connectivity index (χ0n) is 22.3. The highest BCUT2D eigenvalue weighted by atomic mass is 16.5. The van der Waals surface area contributed by atoms with E-state index in [1.165, 1.54) is 23.1 Å². The Hall–Kier alpha value is -3.39. The second-order valence-electron chi connectivity index (χ2n) is 10.4. The summed E-state index contributed by atoms with van der Waals surface area (Å²) in [6.45, 7) is 4.35. The maximum atomic E-state index is 12.6. The van der Waals surface area contributed by atoms with Crippen LogP contribution in [0, 0.1) is 5.92 Å². The smallest absolute Gasteiger partial charge is 0.338 e. The predicted molar refractivity (Wildman–Crippen MR) is 156 cm³/mol. The zero-order valence-corrected chi connectivity index (χ0v) is 22.3. The highest BCUT2D eigenvalue weighted by Gasteiger charge is 2.24. The molecule has 1 aliphatic rings. The molecule has 0 saturated heterocycles. The van der Waals surface area contributed by atoms with Gasteiger partial charge in [-0.25, -0.2) is 4.79 Å². The van der Waals surface area contributed by atoms with Crippen LogP contribution in [-0.4, -0.2) is 12.1 Å². The van der Waals surface area contributed by atoms with Gasteiger partial charge in [0.2, 0.25) is 0 Å². The third kappa shape index (κ3) is 8.32. The van der Waals surface area contributed by atoms with Gasteiger partial charge in [0.25, 0.3) is 0 Å². The summed E-state index contributed by atoms with van der Waals surface area (Å²) < 4.78 is 5.82. The number of rotatable bonds is 10. The SMILES string of the molecule is CC=CCCC1CCC(OC(=O)c2ccc(C=Cc3ccc(C[C@@H](C)c4ccccc4)cc3)cc2)CC1. The van der Waals surface area contributed by atoms with E-state index in [9.17, 15) is 4.79 Å². The molecule has 0 unspecified atom stereocenters. The monoisotopic (exact) mass is 492 g/mol. The number of ether oxygens (including phenoxy) is 1. The Labute approximate surface area is 223 Å². The standard InChI is InChI=1S/C35H40O2/c1-3-4-6-9-28-20-24-34(25-21-28)37-35(36)33-22-18-30(19-23-33)13-12-29-14-16-31(17-15-29)26-27(2)32-10-7-5-8-11-32/h3-5,7-8,10-19,22-23,27-28,34H,6,9,20-21,24-26H2,1-2H3/t27-,28?,34?/m1/s1. The first-order chi connectivity index (χ1) is 18.1. The summed E-state index contributed by atoms with van der Waals surface area (Å²) in [6.07, 6.45) is 16.4. The van der Waals surface area contributed by atoms with Crippen LogP contribution < -0.4 is 0 Å². The Bertz CT molecular complexity index is 1150. The average molecular weight is 493 g/mol. The van der Waals surface area contributed by atoms with E-state index >= 15 is 0 Å². The van der Waals surface area contributed by atoms with Crippen LogP contribution in [0.5, 0.6) is 0 Å². The van der Waals surface area contributed by atoms with Crippen LogP contribution in [0.4, 0.5) is 0 Å². The molecule has 37 heavy (non-hydrogen) atoms. The Kier molecular flexibility index (Phi) is 9.94. The molecule has 3 aromatic rings. The molecule has 0 aromatic heterocycles. The number of hydrogen-bond donors (Lipinski definition) is 0. The van der Waals surface area contributed by atoms with Crippen molar-refractivity contribution in [3.05, 3.63) is 119 Å². The summed E-state index contributed by atoms with van der Waals surface area (Å²) >= 11 is 0. The predicted octanol–water partition coefficient (Wildman–Crippen LogP) is 9.28. The molecule has 1 aliphatic carbocycles. The molecule has 0 aliphatic heterocycles. The van der Waals surface area contributed by atoms with E-state index in [0.717, 1.165) is 50.0 Å². The molecule has 0 heterocycles. The van der Waals surface area contributed by atoms with Gasteiger partial charge < -0.3 is 4.74 Å². The zero-order chi connectivity index (χ0) is 25.9. The van der Waals surface area contributed by atoms with Crippen molar-refractivity contribution in [3.8, 4) is 0 Å². The number of benzene rings is 3. The summed E-state index contributed by atoms with van der Waals surface area (Å²) in [7, 11) is 0. The topological polar surface area (TPSA) is 26.3 Å². The highest BCUT2D eigenvalue weighted by molar-refractivity contribution is 5.90. The summed E-state index contributed by atoms with van der Waals surface area (Å²) in [5, 5.41) is 0. The molecule has 1 fully saturated rings. The molecule has 4 rings (SSSR count). The van der Waals surface area contributed by atoms with Crippen molar-refractivity contribution >= 4 is 18.1 Å². The molecule has 0 amide bonds. The van der Waals surface area contributed by atoms with E-state index < -0.39 is 0 Å². The Morgan fingerprint density at radius 3 is 2.11 bits per heavy atom. The molecular formula is C35H40O2. The quantitative estimate of drug-likeness (QED) is 0.160. The van der Waals surface area contributed by atoms with Crippen molar-refractivity contribution in [2.45, 2.75) is 70.8 Å². The van der Waals surface area contributed by atoms with Crippen molar-refractivity contribution < 1.29 is 9.53 Å². The molecule has 0 radical (unpaired) electrons. The van der Waals surface area contributed by atoms with Crippen molar-refractivity contribution in [1.82, 2.24) is 0 Å². The minimum Gasteiger partial charge on any atom is -0.459 e. The lowest BCUT2D eigenvalue weighted by molar-refractivity contribution is 0.0162. The van der Waals surface area contributed by atoms with Gasteiger partial charge in [-0.2, -0.15) is 0 Å². The minimum absolute atomic E-state index is 0.0590. The van der Waals surface area contributed by atoms with Crippen LogP contribution in [0.3, 0.4) is 0 Å². The number of carbonyl (C=O) groups excluding carboxylic acids is 1. The average Bonchev–Trinajstić information content (AvgIpc) is 2.94. The lowest BCUT2D eigenvalue weighted by Gasteiger charge is -2.28. The first-order valence-electron chi connectivity index (χ1n) is 13.8. The second-order valence-corrected chi connectivity index (χ2v) is 10.4.